The van der Waals surface area contributed by atoms with Crippen molar-refractivity contribution in [1.29, 1.82) is 0 Å². The SMILES string of the molecule is CN1C(=O)CN[C@H]1Cc1cc2ccccc2c2ccccc12. The highest BCUT2D eigenvalue weighted by atomic mass is 16.2. The van der Waals surface area contributed by atoms with Crippen molar-refractivity contribution in [3.8, 4) is 0 Å². The molecule has 1 amide bonds. The van der Waals surface area contributed by atoms with E-state index in [4.69, 9.17) is 0 Å². The zero-order valence-corrected chi connectivity index (χ0v) is 12.5. The van der Waals surface area contributed by atoms with Crippen LogP contribution in [0.3, 0.4) is 0 Å². The number of nitrogens with one attached hydrogen (secondary N) is 1. The first-order valence-electron chi connectivity index (χ1n) is 7.62. The predicted molar refractivity (Wildman–Crippen MR) is 89.7 cm³/mol. The molecule has 0 radical (unpaired) electrons. The summed E-state index contributed by atoms with van der Waals surface area (Å²) in [6.45, 7) is 0.437. The van der Waals surface area contributed by atoms with E-state index in [1.807, 2.05) is 11.9 Å². The van der Waals surface area contributed by atoms with Crippen LogP contribution in [0.5, 0.6) is 0 Å². The number of hydrogen-bond donors (Lipinski definition) is 1. The summed E-state index contributed by atoms with van der Waals surface area (Å²) in [7, 11) is 1.87. The number of amides is 1. The van der Waals surface area contributed by atoms with Crippen molar-refractivity contribution >= 4 is 27.5 Å². The van der Waals surface area contributed by atoms with E-state index in [9.17, 15) is 4.79 Å². The van der Waals surface area contributed by atoms with Crippen LogP contribution < -0.4 is 5.32 Å². The highest BCUT2D eigenvalue weighted by molar-refractivity contribution is 6.08. The van der Waals surface area contributed by atoms with E-state index >= 15 is 0 Å². The molecule has 1 heterocycles. The lowest BCUT2D eigenvalue weighted by Gasteiger charge is -2.21. The fourth-order valence-corrected chi connectivity index (χ4v) is 3.36. The molecule has 22 heavy (non-hydrogen) atoms. The molecular weight excluding hydrogens is 272 g/mol. The lowest BCUT2D eigenvalue weighted by Crippen LogP contribution is -2.36. The minimum Gasteiger partial charge on any atom is -0.329 e. The Balaban J connectivity index is 1.87. The Kier molecular flexibility index (Phi) is 3.09. The number of carbonyl (C=O) groups excluding carboxylic acids is 1. The van der Waals surface area contributed by atoms with Gasteiger partial charge >= 0.3 is 0 Å². The second kappa shape index (κ2) is 5.11. The maximum atomic E-state index is 11.7. The fourth-order valence-electron chi connectivity index (χ4n) is 3.36. The molecule has 1 aliphatic rings. The number of fused-ring (bicyclic) bond motifs is 3. The molecule has 0 spiro atoms. The van der Waals surface area contributed by atoms with E-state index in [1.54, 1.807) is 0 Å². The molecule has 4 rings (SSSR count). The monoisotopic (exact) mass is 290 g/mol. The first-order valence-corrected chi connectivity index (χ1v) is 7.62. The molecule has 0 bridgehead atoms. The largest absolute Gasteiger partial charge is 0.329 e. The van der Waals surface area contributed by atoms with Gasteiger partial charge in [0.1, 0.15) is 0 Å². The van der Waals surface area contributed by atoms with E-state index in [0.717, 1.165) is 6.42 Å². The first kappa shape index (κ1) is 13.3. The summed E-state index contributed by atoms with van der Waals surface area (Å²) < 4.78 is 0. The molecule has 1 atom stereocenters. The number of nitrogens with zero attached hydrogens (tertiary/aromatic N) is 1. The molecule has 1 aliphatic heterocycles. The molecule has 0 aromatic heterocycles. The maximum absolute atomic E-state index is 11.7. The normalized spacial score (nSPS) is 18.5. The summed E-state index contributed by atoms with van der Waals surface area (Å²) in [5.74, 6) is 0.162. The Bertz CT molecular complexity index is 872. The van der Waals surface area contributed by atoms with Crippen molar-refractivity contribution in [1.82, 2.24) is 10.2 Å². The second-order valence-electron chi connectivity index (χ2n) is 5.91. The van der Waals surface area contributed by atoms with Crippen LogP contribution in [-0.4, -0.2) is 30.6 Å². The number of carbonyl (C=O) groups is 1. The van der Waals surface area contributed by atoms with Gasteiger partial charge in [0, 0.05) is 13.5 Å². The van der Waals surface area contributed by atoms with Crippen LogP contribution in [0.1, 0.15) is 5.56 Å². The predicted octanol–water partition coefficient (Wildman–Crippen LogP) is 2.92. The second-order valence-corrected chi connectivity index (χ2v) is 5.91. The Morgan fingerprint density at radius 3 is 2.45 bits per heavy atom. The highest BCUT2D eigenvalue weighted by Gasteiger charge is 2.27. The number of hydrogen-bond acceptors (Lipinski definition) is 2. The van der Waals surface area contributed by atoms with E-state index in [0.29, 0.717) is 6.54 Å². The number of rotatable bonds is 2. The molecule has 1 fully saturated rings. The van der Waals surface area contributed by atoms with Crippen LogP contribution >= 0.6 is 0 Å². The third-order valence-corrected chi connectivity index (χ3v) is 4.62. The van der Waals surface area contributed by atoms with E-state index < -0.39 is 0 Å². The molecule has 0 saturated carbocycles. The Morgan fingerprint density at radius 2 is 1.73 bits per heavy atom. The van der Waals surface area contributed by atoms with Crippen LogP contribution in [-0.2, 0) is 11.2 Å². The fraction of sp³-hybridized carbons (Fsp3) is 0.211. The highest BCUT2D eigenvalue weighted by Crippen LogP contribution is 2.29. The standard InChI is InChI=1S/C19H18N2O/c1-21-18(20-12-19(21)22)11-14-10-13-6-2-3-7-15(13)17-9-5-4-8-16(14)17/h2-10,18,20H,11-12H2,1H3/t18-/m1/s1. The van der Waals surface area contributed by atoms with E-state index in [-0.39, 0.29) is 12.1 Å². The van der Waals surface area contributed by atoms with Gasteiger partial charge in [-0.25, -0.2) is 0 Å². The Labute approximate surface area is 129 Å². The van der Waals surface area contributed by atoms with Gasteiger partial charge in [-0.2, -0.15) is 0 Å². The Hall–Kier alpha value is -2.39. The maximum Gasteiger partial charge on any atom is 0.237 e. The number of benzene rings is 3. The van der Waals surface area contributed by atoms with Crippen molar-refractivity contribution in [2.24, 2.45) is 0 Å². The van der Waals surface area contributed by atoms with Gasteiger partial charge in [0.2, 0.25) is 5.91 Å². The van der Waals surface area contributed by atoms with Crippen LogP contribution in [0, 0.1) is 0 Å². The van der Waals surface area contributed by atoms with Crippen molar-refractivity contribution in [3.63, 3.8) is 0 Å². The first-order chi connectivity index (χ1) is 10.7. The molecule has 3 heteroatoms. The van der Waals surface area contributed by atoms with Crippen LogP contribution in [0.15, 0.2) is 54.6 Å². The third-order valence-electron chi connectivity index (χ3n) is 4.62. The Morgan fingerprint density at radius 1 is 1.05 bits per heavy atom. The van der Waals surface area contributed by atoms with Gasteiger partial charge in [0.05, 0.1) is 12.7 Å². The molecular formula is C19H18N2O. The zero-order valence-electron chi connectivity index (χ0n) is 12.5. The zero-order chi connectivity index (χ0) is 15.1. The van der Waals surface area contributed by atoms with Crippen molar-refractivity contribution in [2.75, 3.05) is 13.6 Å². The summed E-state index contributed by atoms with van der Waals surface area (Å²) in [6.07, 6.45) is 0.908. The molecule has 1 saturated heterocycles. The van der Waals surface area contributed by atoms with Crippen molar-refractivity contribution < 1.29 is 4.79 Å². The smallest absolute Gasteiger partial charge is 0.237 e. The van der Waals surface area contributed by atoms with Gasteiger partial charge in [-0.05, 0) is 27.1 Å². The van der Waals surface area contributed by atoms with Gasteiger partial charge < -0.3 is 4.90 Å². The summed E-state index contributed by atoms with van der Waals surface area (Å²) in [5.41, 5.74) is 1.29. The topological polar surface area (TPSA) is 32.3 Å². The molecule has 3 aromatic carbocycles. The average Bonchev–Trinajstić information content (AvgIpc) is 2.87. The van der Waals surface area contributed by atoms with Gasteiger partial charge in [-0.15, -0.1) is 0 Å². The molecule has 0 unspecified atom stereocenters. The lowest BCUT2D eigenvalue weighted by atomic mass is 9.95. The van der Waals surface area contributed by atoms with Gasteiger partial charge in [0.25, 0.3) is 0 Å². The van der Waals surface area contributed by atoms with Gasteiger partial charge in [-0.1, -0.05) is 54.6 Å². The third kappa shape index (κ3) is 2.06. The van der Waals surface area contributed by atoms with Crippen molar-refractivity contribution in [2.45, 2.75) is 12.6 Å². The van der Waals surface area contributed by atoms with E-state index in [1.165, 1.54) is 27.1 Å². The minimum absolute atomic E-state index is 0.0806. The van der Waals surface area contributed by atoms with Crippen LogP contribution in [0.4, 0.5) is 0 Å². The molecule has 1 N–H and O–H groups in total. The summed E-state index contributed by atoms with van der Waals surface area (Å²) in [6, 6.07) is 19.3. The van der Waals surface area contributed by atoms with Crippen LogP contribution in [0.25, 0.3) is 21.5 Å². The van der Waals surface area contributed by atoms with E-state index in [2.05, 4.69) is 59.9 Å². The minimum atomic E-state index is 0.0806. The summed E-state index contributed by atoms with van der Waals surface area (Å²) in [5, 5.41) is 8.38. The van der Waals surface area contributed by atoms with Crippen LogP contribution in [0.2, 0.25) is 0 Å². The molecule has 3 nitrogen and oxygen atoms in total. The number of likely N-dealkylation sites (N-methyl/N-ethyl adjacent to an activating group) is 1. The van der Waals surface area contributed by atoms with Crippen molar-refractivity contribution in [3.05, 3.63) is 60.2 Å². The molecule has 0 aliphatic carbocycles. The van der Waals surface area contributed by atoms with Gasteiger partial charge in [-0.3, -0.25) is 10.1 Å². The van der Waals surface area contributed by atoms with Gasteiger partial charge in [0.15, 0.2) is 0 Å². The quantitative estimate of drug-likeness (QED) is 0.736. The lowest BCUT2D eigenvalue weighted by molar-refractivity contribution is -0.126. The summed E-state index contributed by atoms with van der Waals surface area (Å²) >= 11 is 0. The molecule has 3 aromatic rings. The summed E-state index contributed by atoms with van der Waals surface area (Å²) in [4.78, 5) is 13.5. The average molecular weight is 290 g/mol. The molecule has 110 valence electrons.